The van der Waals surface area contributed by atoms with Crippen LogP contribution in [0.2, 0.25) is 5.02 Å². The summed E-state index contributed by atoms with van der Waals surface area (Å²) in [7, 11) is 0. The number of carbonyl (C=O) groups is 2. The first-order chi connectivity index (χ1) is 14.1. The van der Waals surface area contributed by atoms with Gasteiger partial charge in [0.2, 0.25) is 5.43 Å². The maximum Gasteiger partial charge on any atom is 0.471 e. The number of aromatic nitrogens is 1. The number of aryl methyl sites for hydroxylation is 2. The van der Waals surface area contributed by atoms with Crippen LogP contribution < -0.4 is 10.3 Å². The highest BCUT2D eigenvalue weighted by atomic mass is 35.5. The van der Waals surface area contributed by atoms with Gasteiger partial charge < -0.3 is 19.5 Å². The van der Waals surface area contributed by atoms with Gasteiger partial charge >= 0.3 is 18.1 Å². The Labute approximate surface area is 173 Å². The van der Waals surface area contributed by atoms with E-state index in [1.165, 1.54) is 12.3 Å². The quantitative estimate of drug-likeness (QED) is 0.771. The fourth-order valence-electron chi connectivity index (χ4n) is 4.25. The molecule has 2 aliphatic rings. The Hall–Kier alpha value is -2.75. The van der Waals surface area contributed by atoms with E-state index in [0.717, 1.165) is 10.5 Å². The first-order valence-corrected chi connectivity index (χ1v) is 9.70. The summed E-state index contributed by atoms with van der Waals surface area (Å²) in [6.07, 6.45) is -2.29. The summed E-state index contributed by atoms with van der Waals surface area (Å²) in [6.45, 7) is 0.668. The van der Waals surface area contributed by atoms with Crippen LogP contribution in [0.5, 0.6) is 0 Å². The van der Waals surface area contributed by atoms with Crippen molar-refractivity contribution >= 4 is 40.1 Å². The molecule has 0 bridgehead atoms. The largest absolute Gasteiger partial charge is 0.477 e. The number of amides is 1. The van der Waals surface area contributed by atoms with Crippen LogP contribution in [-0.4, -0.2) is 58.8 Å². The van der Waals surface area contributed by atoms with Crippen LogP contribution in [0.15, 0.2) is 17.1 Å². The Kier molecular flexibility index (Phi) is 4.92. The van der Waals surface area contributed by atoms with Gasteiger partial charge in [0.25, 0.3) is 0 Å². The zero-order chi connectivity index (χ0) is 21.8. The van der Waals surface area contributed by atoms with Crippen LogP contribution in [0.25, 0.3) is 10.9 Å². The van der Waals surface area contributed by atoms with Crippen molar-refractivity contribution in [2.24, 2.45) is 0 Å². The summed E-state index contributed by atoms with van der Waals surface area (Å²) >= 11 is 6.47. The van der Waals surface area contributed by atoms with Crippen LogP contribution in [0, 0.1) is 0 Å². The molecule has 160 valence electrons. The Morgan fingerprint density at radius 3 is 2.37 bits per heavy atom. The van der Waals surface area contributed by atoms with Gasteiger partial charge in [0.05, 0.1) is 16.2 Å². The third kappa shape index (κ3) is 3.28. The highest BCUT2D eigenvalue weighted by Gasteiger charge is 2.43. The zero-order valence-corrected chi connectivity index (χ0v) is 16.4. The van der Waals surface area contributed by atoms with Gasteiger partial charge in [0.15, 0.2) is 0 Å². The summed E-state index contributed by atoms with van der Waals surface area (Å²) in [6, 6.07) is 1.43. The molecule has 0 spiro atoms. The second-order valence-corrected chi connectivity index (χ2v) is 7.74. The highest BCUT2D eigenvalue weighted by Crippen LogP contribution is 2.39. The second-order valence-electron chi connectivity index (χ2n) is 7.33. The summed E-state index contributed by atoms with van der Waals surface area (Å²) in [5, 5.41) is 9.77. The number of rotatable bonds is 2. The Balaban J connectivity index is 1.75. The van der Waals surface area contributed by atoms with E-state index >= 15 is 0 Å². The van der Waals surface area contributed by atoms with E-state index in [0.29, 0.717) is 30.6 Å². The van der Waals surface area contributed by atoms with Gasteiger partial charge in [0, 0.05) is 49.9 Å². The smallest absolute Gasteiger partial charge is 0.471 e. The van der Waals surface area contributed by atoms with Gasteiger partial charge in [-0.05, 0) is 18.9 Å². The van der Waals surface area contributed by atoms with Crippen molar-refractivity contribution in [2.45, 2.75) is 25.6 Å². The van der Waals surface area contributed by atoms with E-state index in [-0.39, 0.29) is 42.2 Å². The number of nitrogens with zero attached hydrogens (tertiary/aromatic N) is 3. The summed E-state index contributed by atoms with van der Waals surface area (Å²) in [4.78, 5) is 38.1. The number of piperazine rings is 1. The molecule has 1 amide bonds. The minimum absolute atomic E-state index is 0.100. The Morgan fingerprint density at radius 2 is 1.77 bits per heavy atom. The number of carboxylic acid groups (broad SMARTS) is 1. The molecule has 0 atom stereocenters. The molecule has 1 fully saturated rings. The third-order valence-electron chi connectivity index (χ3n) is 5.57. The molecule has 1 aromatic carbocycles. The predicted molar refractivity (Wildman–Crippen MR) is 103 cm³/mol. The average molecular weight is 444 g/mol. The number of carboxylic acids is 1. The van der Waals surface area contributed by atoms with Gasteiger partial charge in [-0.3, -0.25) is 9.59 Å². The summed E-state index contributed by atoms with van der Waals surface area (Å²) in [5.41, 5.74) is 1.04. The van der Waals surface area contributed by atoms with Crippen molar-refractivity contribution in [2.75, 3.05) is 31.1 Å². The maximum atomic E-state index is 12.7. The van der Waals surface area contributed by atoms with E-state index in [1.807, 2.05) is 4.90 Å². The summed E-state index contributed by atoms with van der Waals surface area (Å²) in [5.74, 6) is -3.17. The van der Waals surface area contributed by atoms with Crippen molar-refractivity contribution < 1.29 is 27.9 Å². The van der Waals surface area contributed by atoms with Crippen LogP contribution in [0.4, 0.5) is 18.9 Å². The molecule has 1 saturated heterocycles. The molecule has 1 N–H and O–H groups in total. The molecule has 0 radical (unpaired) electrons. The minimum atomic E-state index is -4.91. The monoisotopic (exact) mass is 443 g/mol. The fourth-order valence-corrected chi connectivity index (χ4v) is 4.60. The van der Waals surface area contributed by atoms with E-state index in [9.17, 15) is 32.7 Å². The zero-order valence-electron chi connectivity index (χ0n) is 15.6. The first-order valence-electron chi connectivity index (χ1n) is 9.32. The van der Waals surface area contributed by atoms with Crippen LogP contribution >= 0.6 is 11.6 Å². The van der Waals surface area contributed by atoms with Gasteiger partial charge in [0.1, 0.15) is 5.56 Å². The molecule has 4 rings (SSSR count). The maximum absolute atomic E-state index is 12.7. The number of halogens is 4. The molecule has 30 heavy (non-hydrogen) atoms. The number of aromatic carboxylic acids is 1. The van der Waals surface area contributed by atoms with E-state index < -0.39 is 23.5 Å². The first kappa shape index (κ1) is 20.5. The average Bonchev–Trinajstić information content (AvgIpc) is 2.69. The molecule has 11 heteroatoms. The SMILES string of the molecule is O=C(O)c1cn2c3c(c(N4CCN(C(=O)C(F)(F)F)CC4)c(Cl)cc3c1=O)CCC2. The molecule has 3 heterocycles. The van der Waals surface area contributed by atoms with Gasteiger partial charge in [-0.15, -0.1) is 0 Å². The van der Waals surface area contributed by atoms with Crippen molar-refractivity contribution in [1.82, 2.24) is 9.47 Å². The van der Waals surface area contributed by atoms with Gasteiger partial charge in [-0.25, -0.2) is 4.79 Å². The van der Waals surface area contributed by atoms with Crippen molar-refractivity contribution in [3.05, 3.63) is 38.6 Å². The number of pyridine rings is 1. The highest BCUT2D eigenvalue weighted by molar-refractivity contribution is 6.34. The molecule has 1 aromatic heterocycles. The van der Waals surface area contributed by atoms with Gasteiger partial charge in [-0.1, -0.05) is 11.6 Å². The van der Waals surface area contributed by atoms with E-state index in [2.05, 4.69) is 0 Å². The lowest BCUT2D eigenvalue weighted by atomic mass is 9.96. The second kappa shape index (κ2) is 7.19. The standard InChI is InChI=1S/C19H17ClF3N3O4/c20-13-8-11-14-10(2-1-3-26(14)9-12(16(11)27)17(28)29)15(13)24-4-6-25(7-5-24)18(30)19(21,22)23/h8-9H,1-7H2,(H,28,29). The minimum Gasteiger partial charge on any atom is -0.477 e. The molecule has 7 nitrogen and oxygen atoms in total. The summed E-state index contributed by atoms with van der Waals surface area (Å²) < 4.78 is 39.8. The molecule has 2 aliphatic heterocycles. The van der Waals surface area contributed by atoms with E-state index in [4.69, 9.17) is 11.6 Å². The van der Waals surface area contributed by atoms with Crippen molar-refractivity contribution in [3.63, 3.8) is 0 Å². The number of anilines is 1. The third-order valence-corrected chi connectivity index (χ3v) is 5.86. The molecule has 0 unspecified atom stereocenters. The van der Waals surface area contributed by atoms with E-state index in [1.54, 1.807) is 4.57 Å². The van der Waals surface area contributed by atoms with Gasteiger partial charge in [-0.2, -0.15) is 13.2 Å². The molecule has 2 aromatic rings. The molecule has 0 saturated carbocycles. The van der Waals surface area contributed by atoms with Crippen LogP contribution in [0.1, 0.15) is 22.3 Å². The molecule has 0 aliphatic carbocycles. The van der Waals surface area contributed by atoms with Crippen LogP contribution in [-0.2, 0) is 17.8 Å². The number of hydrogen-bond acceptors (Lipinski definition) is 4. The number of carbonyl (C=O) groups excluding carboxylic acids is 1. The van der Waals surface area contributed by atoms with Crippen molar-refractivity contribution in [1.29, 1.82) is 0 Å². The number of hydrogen-bond donors (Lipinski definition) is 1. The molecular weight excluding hydrogens is 427 g/mol. The molecular formula is C19H17ClF3N3O4. The lowest BCUT2D eigenvalue weighted by molar-refractivity contribution is -0.185. The lowest BCUT2D eigenvalue weighted by Gasteiger charge is -2.38. The lowest BCUT2D eigenvalue weighted by Crippen LogP contribution is -2.52. The van der Waals surface area contributed by atoms with Crippen LogP contribution in [0.3, 0.4) is 0 Å². The number of benzene rings is 1. The Bertz CT molecular complexity index is 1120. The predicted octanol–water partition coefficient (Wildman–Crippen LogP) is 2.51. The van der Waals surface area contributed by atoms with Crippen molar-refractivity contribution in [3.8, 4) is 0 Å². The topological polar surface area (TPSA) is 82.8 Å². The number of alkyl halides is 3. The fraction of sp³-hybridized carbons (Fsp3) is 0.421. The normalized spacial score (nSPS) is 16.8. The Morgan fingerprint density at radius 1 is 1.10 bits per heavy atom.